The molecule has 4 rings (SSSR count). The van der Waals surface area contributed by atoms with Crippen LogP contribution in [0.3, 0.4) is 0 Å². The molecule has 29 heavy (non-hydrogen) atoms. The molecule has 8 nitrogen and oxygen atoms in total. The zero-order chi connectivity index (χ0) is 20.7. The fourth-order valence-electron chi connectivity index (χ4n) is 3.60. The molecule has 1 aliphatic rings. The summed E-state index contributed by atoms with van der Waals surface area (Å²) >= 11 is 2.50. The Morgan fingerprint density at radius 2 is 2.10 bits per heavy atom. The van der Waals surface area contributed by atoms with Crippen molar-refractivity contribution in [2.24, 2.45) is 5.73 Å². The molecule has 0 aromatic carbocycles. The van der Waals surface area contributed by atoms with Crippen LogP contribution in [-0.4, -0.2) is 21.4 Å². The number of nitrogens with one attached hydrogen (secondary N) is 1. The van der Waals surface area contributed by atoms with Crippen LogP contribution in [0.15, 0.2) is 11.1 Å². The second kappa shape index (κ2) is 7.42. The van der Waals surface area contributed by atoms with Crippen molar-refractivity contribution in [3.05, 3.63) is 43.1 Å². The van der Waals surface area contributed by atoms with Crippen LogP contribution in [0.25, 0.3) is 10.2 Å². The number of rotatable bonds is 4. The Hall–Kier alpha value is -3.03. The molecule has 0 saturated heterocycles. The first-order valence-electron chi connectivity index (χ1n) is 9.03. The largest absolute Gasteiger partial charge is 0.365 e. The van der Waals surface area contributed by atoms with E-state index in [1.807, 2.05) is 0 Å². The van der Waals surface area contributed by atoms with Crippen molar-refractivity contribution < 1.29 is 9.59 Å². The second-order valence-electron chi connectivity index (χ2n) is 6.85. The first-order chi connectivity index (χ1) is 13.9. The number of carbonyl (C=O) groups is 2. The second-order valence-corrected chi connectivity index (χ2v) is 8.96. The van der Waals surface area contributed by atoms with Gasteiger partial charge in [0.25, 0.3) is 11.5 Å². The Labute approximate surface area is 173 Å². The van der Waals surface area contributed by atoms with Gasteiger partial charge in [0.1, 0.15) is 22.4 Å². The molecule has 3 aromatic heterocycles. The molecule has 0 atom stereocenters. The molecule has 0 aliphatic heterocycles. The number of aryl methyl sites for hydroxylation is 2. The maximum Gasteiger partial charge on any atom is 0.262 e. The van der Waals surface area contributed by atoms with Crippen molar-refractivity contribution >= 4 is 49.7 Å². The molecule has 0 spiro atoms. The van der Waals surface area contributed by atoms with Crippen LogP contribution < -0.4 is 16.6 Å². The van der Waals surface area contributed by atoms with Crippen LogP contribution >= 0.6 is 22.7 Å². The summed E-state index contributed by atoms with van der Waals surface area (Å²) in [5, 5.41) is 13.1. The van der Waals surface area contributed by atoms with E-state index < -0.39 is 17.4 Å². The van der Waals surface area contributed by atoms with Gasteiger partial charge < -0.3 is 11.1 Å². The SMILES string of the molecule is Cc1c(C(N)=O)sc2ncn(CC(=O)Nc3sc4c(c3C#N)CCCC4)c(=O)c12. The first-order valence-corrected chi connectivity index (χ1v) is 10.7. The number of thiophene rings is 2. The maximum atomic E-state index is 12.8. The van der Waals surface area contributed by atoms with Gasteiger partial charge in [-0.3, -0.25) is 19.0 Å². The molecule has 148 valence electrons. The van der Waals surface area contributed by atoms with Gasteiger partial charge in [-0.2, -0.15) is 5.26 Å². The summed E-state index contributed by atoms with van der Waals surface area (Å²) in [7, 11) is 0. The Morgan fingerprint density at radius 1 is 1.34 bits per heavy atom. The van der Waals surface area contributed by atoms with Crippen molar-refractivity contribution in [1.29, 1.82) is 5.26 Å². The van der Waals surface area contributed by atoms with Gasteiger partial charge in [-0.1, -0.05) is 0 Å². The van der Waals surface area contributed by atoms with Crippen molar-refractivity contribution in [2.45, 2.75) is 39.2 Å². The van der Waals surface area contributed by atoms with Crippen molar-refractivity contribution in [3.63, 3.8) is 0 Å². The minimum Gasteiger partial charge on any atom is -0.365 e. The number of nitrogens with zero attached hydrogens (tertiary/aromatic N) is 3. The van der Waals surface area contributed by atoms with E-state index in [0.717, 1.165) is 47.5 Å². The lowest BCUT2D eigenvalue weighted by molar-refractivity contribution is -0.116. The summed E-state index contributed by atoms with van der Waals surface area (Å²) < 4.78 is 1.20. The Kier molecular flexibility index (Phi) is 4.94. The summed E-state index contributed by atoms with van der Waals surface area (Å²) in [6.07, 6.45) is 5.18. The van der Waals surface area contributed by atoms with Gasteiger partial charge in [-0.05, 0) is 43.7 Å². The van der Waals surface area contributed by atoms with Gasteiger partial charge in [0.05, 0.1) is 22.2 Å². The molecule has 0 radical (unpaired) electrons. The third-order valence-electron chi connectivity index (χ3n) is 4.99. The van der Waals surface area contributed by atoms with Gasteiger partial charge >= 0.3 is 0 Å². The molecule has 0 unspecified atom stereocenters. The molecule has 0 saturated carbocycles. The average molecular weight is 428 g/mol. The van der Waals surface area contributed by atoms with Gasteiger partial charge in [-0.25, -0.2) is 4.98 Å². The highest BCUT2D eigenvalue weighted by Gasteiger charge is 2.22. The van der Waals surface area contributed by atoms with Crippen LogP contribution in [0.5, 0.6) is 0 Å². The fraction of sp³-hybridized carbons (Fsp3) is 0.316. The molecule has 3 heterocycles. The quantitative estimate of drug-likeness (QED) is 0.660. The number of fused-ring (bicyclic) bond motifs is 2. The van der Waals surface area contributed by atoms with Crippen molar-refractivity contribution in [3.8, 4) is 6.07 Å². The van der Waals surface area contributed by atoms with Crippen LogP contribution in [0.1, 0.15) is 44.1 Å². The topological polar surface area (TPSA) is 131 Å². The number of hydrogen-bond donors (Lipinski definition) is 2. The minimum absolute atomic E-state index is 0.240. The number of nitrogens with two attached hydrogens (primary N) is 1. The Bertz CT molecular complexity index is 1260. The third-order valence-corrected chi connectivity index (χ3v) is 7.41. The number of primary amides is 1. The number of anilines is 1. The number of nitriles is 1. The zero-order valence-corrected chi connectivity index (χ0v) is 17.2. The molecular weight excluding hydrogens is 410 g/mol. The van der Waals surface area contributed by atoms with Crippen LogP contribution in [0.4, 0.5) is 5.00 Å². The summed E-state index contributed by atoms with van der Waals surface area (Å²) in [6, 6.07) is 2.20. The molecule has 3 N–H and O–H groups in total. The molecule has 10 heteroatoms. The number of carbonyl (C=O) groups excluding carboxylic acids is 2. The van der Waals surface area contributed by atoms with E-state index in [4.69, 9.17) is 5.73 Å². The maximum absolute atomic E-state index is 12.8. The standard InChI is InChI=1S/C19H17N5O3S2/c1-9-14-18(29-15(9)16(21)26)22-8-24(19(14)27)7-13(25)23-17-11(6-20)10-4-2-3-5-12(10)28-17/h8H,2-5,7H2,1H3,(H2,21,26)(H,23,25). The van der Waals surface area contributed by atoms with Gasteiger partial charge in [-0.15, -0.1) is 22.7 Å². The summed E-state index contributed by atoms with van der Waals surface area (Å²) in [5.74, 6) is -1.02. The molecule has 2 amide bonds. The van der Waals surface area contributed by atoms with E-state index in [2.05, 4.69) is 16.4 Å². The van der Waals surface area contributed by atoms with E-state index >= 15 is 0 Å². The number of amides is 2. The van der Waals surface area contributed by atoms with Gasteiger partial charge in [0, 0.05) is 4.88 Å². The van der Waals surface area contributed by atoms with Gasteiger partial charge in [0.2, 0.25) is 5.91 Å². The van der Waals surface area contributed by atoms with E-state index in [9.17, 15) is 19.6 Å². The smallest absolute Gasteiger partial charge is 0.262 e. The fourth-order valence-corrected chi connectivity index (χ4v) is 5.85. The first kappa shape index (κ1) is 19.3. The van der Waals surface area contributed by atoms with Crippen molar-refractivity contribution in [2.75, 3.05) is 5.32 Å². The van der Waals surface area contributed by atoms with Crippen LogP contribution in [-0.2, 0) is 24.2 Å². The normalized spacial score (nSPS) is 13.1. The van der Waals surface area contributed by atoms with E-state index in [1.165, 1.54) is 22.2 Å². The molecule has 1 aliphatic carbocycles. The zero-order valence-electron chi connectivity index (χ0n) is 15.6. The lowest BCUT2D eigenvalue weighted by Gasteiger charge is -2.09. The predicted molar refractivity (Wildman–Crippen MR) is 111 cm³/mol. The van der Waals surface area contributed by atoms with E-state index in [0.29, 0.717) is 26.3 Å². The Balaban J connectivity index is 1.62. The Morgan fingerprint density at radius 3 is 2.83 bits per heavy atom. The molecule has 0 bridgehead atoms. The number of hydrogen-bond acceptors (Lipinski definition) is 7. The number of aromatic nitrogens is 2. The molecular formula is C19H17N5O3S2. The van der Waals surface area contributed by atoms with Crippen LogP contribution in [0, 0.1) is 18.3 Å². The average Bonchev–Trinajstić information content (AvgIpc) is 3.21. The summed E-state index contributed by atoms with van der Waals surface area (Å²) in [5.41, 5.74) is 6.98. The highest BCUT2D eigenvalue weighted by atomic mass is 32.1. The third kappa shape index (κ3) is 3.32. The minimum atomic E-state index is -0.611. The molecule has 0 fully saturated rings. The lowest BCUT2D eigenvalue weighted by atomic mass is 9.96. The summed E-state index contributed by atoms with van der Waals surface area (Å²) in [6.45, 7) is 1.40. The monoisotopic (exact) mass is 427 g/mol. The van der Waals surface area contributed by atoms with Crippen molar-refractivity contribution in [1.82, 2.24) is 9.55 Å². The predicted octanol–water partition coefficient (Wildman–Crippen LogP) is 2.32. The van der Waals surface area contributed by atoms with Gasteiger partial charge in [0.15, 0.2) is 0 Å². The molecule has 3 aromatic rings. The summed E-state index contributed by atoms with van der Waals surface area (Å²) in [4.78, 5) is 42.9. The van der Waals surface area contributed by atoms with Crippen LogP contribution in [0.2, 0.25) is 0 Å². The lowest BCUT2D eigenvalue weighted by Crippen LogP contribution is -2.28. The van der Waals surface area contributed by atoms with E-state index in [1.54, 1.807) is 6.92 Å². The van der Waals surface area contributed by atoms with E-state index in [-0.39, 0.29) is 11.4 Å². The highest BCUT2D eigenvalue weighted by Crippen LogP contribution is 2.37. The highest BCUT2D eigenvalue weighted by molar-refractivity contribution is 7.20.